The van der Waals surface area contributed by atoms with Crippen molar-refractivity contribution >= 4 is 49.4 Å². The Morgan fingerprint density at radius 3 is 1.54 bits per heavy atom. The molecule has 136 valence electrons. The number of benzene rings is 2. The molecular weight excluding hydrogens is 480 g/mol. The van der Waals surface area contributed by atoms with Gasteiger partial charge >= 0.3 is 17.5 Å². The van der Waals surface area contributed by atoms with Gasteiger partial charge in [0.05, 0.1) is 9.85 Å². The highest BCUT2D eigenvalue weighted by Crippen LogP contribution is 2.32. The van der Waals surface area contributed by atoms with Crippen LogP contribution in [0.4, 0.5) is 16.2 Å². The van der Waals surface area contributed by atoms with Gasteiger partial charge in [0.15, 0.2) is 0 Å². The summed E-state index contributed by atoms with van der Waals surface area (Å²) in [6.07, 6.45) is -1.32. The topological polar surface area (TPSA) is 122 Å². The average Bonchev–Trinajstić information content (AvgIpc) is 2.60. The predicted octanol–water partition coefficient (Wildman–Crippen LogP) is 4.87. The molecule has 0 amide bonds. The fraction of sp³-hybridized carbons (Fsp3) is 0.133. The number of nitro groups is 2. The van der Waals surface area contributed by atoms with Crippen LogP contribution in [0.1, 0.15) is 11.1 Å². The molecule has 0 spiro atoms. The third-order valence-corrected chi connectivity index (χ3v) is 4.43. The Hall–Kier alpha value is -2.53. The van der Waals surface area contributed by atoms with E-state index in [0.29, 0.717) is 21.8 Å². The zero-order valence-electron chi connectivity index (χ0n) is 12.9. The lowest BCUT2D eigenvalue weighted by Gasteiger charge is -2.08. The first-order valence-corrected chi connectivity index (χ1v) is 9.16. The molecule has 0 aromatic heterocycles. The standard InChI is InChI=1S/C15H10Br2N2O7/c16-7-9-1-3-11(18(21)22)13(5-9)25-15(20)26-14-6-10(8-17)2-4-12(14)19(23)24/h1-6H,7-8H2. The SMILES string of the molecule is O=C(Oc1cc(CBr)ccc1[N+](=O)[O-])Oc1cc(CBr)ccc1[N+](=O)[O-]. The molecule has 26 heavy (non-hydrogen) atoms. The molecule has 0 fully saturated rings. The Labute approximate surface area is 163 Å². The Morgan fingerprint density at radius 1 is 0.846 bits per heavy atom. The summed E-state index contributed by atoms with van der Waals surface area (Å²) in [5.74, 6) is -0.646. The van der Waals surface area contributed by atoms with E-state index in [9.17, 15) is 25.0 Å². The lowest BCUT2D eigenvalue weighted by molar-refractivity contribution is -0.386. The van der Waals surface area contributed by atoms with Gasteiger partial charge in [0, 0.05) is 22.8 Å². The molecule has 0 bridgehead atoms. The minimum Gasteiger partial charge on any atom is -0.387 e. The summed E-state index contributed by atoms with van der Waals surface area (Å²) in [5, 5.41) is 22.9. The third-order valence-electron chi connectivity index (χ3n) is 3.14. The summed E-state index contributed by atoms with van der Waals surface area (Å²) in [7, 11) is 0. The number of alkyl halides is 2. The van der Waals surface area contributed by atoms with E-state index in [4.69, 9.17) is 9.47 Å². The number of rotatable bonds is 6. The molecule has 0 unspecified atom stereocenters. The smallest absolute Gasteiger partial charge is 0.387 e. The number of nitrogens with zero attached hydrogens (tertiary/aromatic N) is 2. The molecule has 0 aliphatic rings. The van der Waals surface area contributed by atoms with Crippen LogP contribution in [0, 0.1) is 20.2 Å². The van der Waals surface area contributed by atoms with Crippen molar-refractivity contribution in [2.24, 2.45) is 0 Å². The molecule has 2 aromatic rings. The molecule has 0 saturated heterocycles. The van der Waals surface area contributed by atoms with E-state index >= 15 is 0 Å². The maximum atomic E-state index is 12.0. The van der Waals surface area contributed by atoms with Gasteiger partial charge < -0.3 is 9.47 Å². The maximum Gasteiger partial charge on any atom is 0.519 e. The van der Waals surface area contributed by atoms with Crippen molar-refractivity contribution in [3.8, 4) is 11.5 Å². The molecule has 0 aliphatic carbocycles. The average molecular weight is 490 g/mol. The molecule has 0 N–H and O–H groups in total. The summed E-state index contributed by atoms with van der Waals surface area (Å²) in [6, 6.07) is 7.97. The lowest BCUT2D eigenvalue weighted by Crippen LogP contribution is -2.15. The normalized spacial score (nSPS) is 10.2. The summed E-state index contributed by atoms with van der Waals surface area (Å²) < 4.78 is 9.81. The van der Waals surface area contributed by atoms with Crippen LogP contribution in [0.25, 0.3) is 0 Å². The van der Waals surface area contributed by atoms with Gasteiger partial charge in [0.25, 0.3) is 0 Å². The Morgan fingerprint density at radius 2 is 1.23 bits per heavy atom. The van der Waals surface area contributed by atoms with Crippen molar-refractivity contribution in [2.75, 3.05) is 0 Å². The molecule has 0 saturated carbocycles. The number of hydrogen-bond acceptors (Lipinski definition) is 7. The fourth-order valence-electron chi connectivity index (χ4n) is 1.95. The first-order valence-electron chi connectivity index (χ1n) is 6.92. The number of carbonyl (C=O) groups is 1. The van der Waals surface area contributed by atoms with Gasteiger partial charge in [-0.2, -0.15) is 0 Å². The van der Waals surface area contributed by atoms with Gasteiger partial charge in [-0.3, -0.25) is 20.2 Å². The van der Waals surface area contributed by atoms with Gasteiger partial charge in [0.2, 0.25) is 11.5 Å². The van der Waals surface area contributed by atoms with E-state index < -0.39 is 27.4 Å². The van der Waals surface area contributed by atoms with Crippen molar-refractivity contribution in [3.05, 3.63) is 67.8 Å². The van der Waals surface area contributed by atoms with Crippen molar-refractivity contribution < 1.29 is 24.1 Å². The van der Waals surface area contributed by atoms with E-state index in [-0.39, 0.29) is 11.5 Å². The Balaban J connectivity index is 2.29. The van der Waals surface area contributed by atoms with Gasteiger partial charge in [0.1, 0.15) is 0 Å². The Kier molecular flexibility index (Phi) is 6.64. The largest absolute Gasteiger partial charge is 0.519 e. The third kappa shape index (κ3) is 4.76. The first-order chi connectivity index (χ1) is 12.3. The molecule has 2 aromatic carbocycles. The van der Waals surface area contributed by atoms with E-state index in [0.717, 1.165) is 0 Å². The maximum absolute atomic E-state index is 12.0. The summed E-state index contributed by atoms with van der Waals surface area (Å²) in [5.41, 5.74) is 0.391. The molecule has 0 aliphatic heterocycles. The van der Waals surface area contributed by atoms with Gasteiger partial charge in [-0.25, -0.2) is 4.79 Å². The monoisotopic (exact) mass is 488 g/mol. The van der Waals surface area contributed by atoms with E-state index in [1.807, 2.05) is 0 Å². The molecule has 2 rings (SSSR count). The summed E-state index contributed by atoms with van der Waals surface area (Å²) >= 11 is 6.39. The Bertz CT molecular complexity index is 804. The highest BCUT2D eigenvalue weighted by molar-refractivity contribution is 9.08. The highest BCUT2D eigenvalue weighted by Gasteiger charge is 2.23. The van der Waals surface area contributed by atoms with Crippen LogP contribution < -0.4 is 9.47 Å². The van der Waals surface area contributed by atoms with Crippen LogP contribution in [0.2, 0.25) is 0 Å². The second kappa shape index (κ2) is 8.72. The molecule has 9 nitrogen and oxygen atoms in total. The zero-order chi connectivity index (χ0) is 19.3. The van der Waals surface area contributed by atoms with Crippen LogP contribution >= 0.6 is 31.9 Å². The quantitative estimate of drug-likeness (QED) is 0.186. The summed E-state index contributed by atoms with van der Waals surface area (Å²) in [4.78, 5) is 32.7. The lowest BCUT2D eigenvalue weighted by atomic mass is 10.2. The number of halogens is 2. The molecule has 0 heterocycles. The number of ether oxygens (including phenoxy) is 2. The minimum absolute atomic E-state index is 0.323. The number of hydrogen-bond donors (Lipinski definition) is 0. The van der Waals surface area contributed by atoms with E-state index in [1.54, 1.807) is 0 Å². The molecule has 0 atom stereocenters. The van der Waals surface area contributed by atoms with Crippen LogP contribution in [0.5, 0.6) is 11.5 Å². The van der Waals surface area contributed by atoms with Gasteiger partial charge in [-0.1, -0.05) is 44.0 Å². The minimum atomic E-state index is -1.32. The number of nitro benzene ring substituents is 2. The van der Waals surface area contributed by atoms with Crippen molar-refractivity contribution in [1.29, 1.82) is 0 Å². The van der Waals surface area contributed by atoms with E-state index in [2.05, 4.69) is 31.9 Å². The van der Waals surface area contributed by atoms with Crippen LogP contribution in [0.3, 0.4) is 0 Å². The molecule has 11 heteroatoms. The predicted molar refractivity (Wildman–Crippen MR) is 98.1 cm³/mol. The second-order valence-electron chi connectivity index (χ2n) is 4.84. The van der Waals surface area contributed by atoms with E-state index in [1.165, 1.54) is 36.4 Å². The van der Waals surface area contributed by atoms with Crippen LogP contribution in [0.15, 0.2) is 36.4 Å². The van der Waals surface area contributed by atoms with Gasteiger partial charge in [-0.05, 0) is 23.3 Å². The molecular formula is C15H10Br2N2O7. The summed E-state index contributed by atoms with van der Waals surface area (Å²) in [6.45, 7) is 0. The van der Waals surface area contributed by atoms with Crippen molar-refractivity contribution in [1.82, 2.24) is 0 Å². The first kappa shape index (κ1) is 19.8. The number of carbonyl (C=O) groups excluding carboxylic acids is 1. The molecule has 0 radical (unpaired) electrons. The van der Waals surface area contributed by atoms with Crippen molar-refractivity contribution in [2.45, 2.75) is 10.7 Å². The van der Waals surface area contributed by atoms with Crippen molar-refractivity contribution in [3.63, 3.8) is 0 Å². The highest BCUT2D eigenvalue weighted by atomic mass is 79.9. The zero-order valence-corrected chi connectivity index (χ0v) is 16.1. The second-order valence-corrected chi connectivity index (χ2v) is 5.96. The fourth-order valence-corrected chi connectivity index (χ4v) is 2.65. The van der Waals surface area contributed by atoms with Crippen LogP contribution in [-0.2, 0) is 10.7 Å². The van der Waals surface area contributed by atoms with Crippen LogP contribution in [-0.4, -0.2) is 16.0 Å². The van der Waals surface area contributed by atoms with Gasteiger partial charge in [-0.15, -0.1) is 0 Å².